The standard InChI is InChI=1S/C18H21BrN6O/c1-20-18(22-11-17-23-12-24-25(17)2)21-7-8-26-16-6-4-13-9-15(19)5-3-14(13)10-16/h3-6,9-10,12H,7-8,11H2,1-2H3,(H2,20,21,22). The van der Waals surface area contributed by atoms with Crippen LogP contribution in [0.5, 0.6) is 5.75 Å². The van der Waals surface area contributed by atoms with E-state index in [2.05, 4.69) is 59.8 Å². The van der Waals surface area contributed by atoms with Crippen molar-refractivity contribution >= 4 is 32.7 Å². The van der Waals surface area contributed by atoms with Gasteiger partial charge in [-0.25, -0.2) is 4.98 Å². The smallest absolute Gasteiger partial charge is 0.191 e. The molecular formula is C18H21BrN6O. The van der Waals surface area contributed by atoms with Crippen molar-refractivity contribution in [1.82, 2.24) is 25.4 Å². The number of rotatable bonds is 6. The molecule has 0 amide bonds. The molecule has 3 rings (SSSR count). The van der Waals surface area contributed by atoms with Gasteiger partial charge >= 0.3 is 0 Å². The van der Waals surface area contributed by atoms with Crippen LogP contribution >= 0.6 is 15.9 Å². The van der Waals surface area contributed by atoms with E-state index in [-0.39, 0.29) is 0 Å². The van der Waals surface area contributed by atoms with Gasteiger partial charge in [0, 0.05) is 18.6 Å². The summed E-state index contributed by atoms with van der Waals surface area (Å²) in [6.45, 7) is 1.72. The number of aliphatic imine (C=N–C) groups is 1. The SMILES string of the molecule is CN=C(NCCOc1ccc2cc(Br)ccc2c1)NCc1ncnn1C. The molecular weight excluding hydrogens is 396 g/mol. The minimum absolute atomic E-state index is 0.534. The molecule has 8 heteroatoms. The Labute approximate surface area is 160 Å². The van der Waals surface area contributed by atoms with Crippen molar-refractivity contribution in [3.63, 3.8) is 0 Å². The third-order valence-corrected chi connectivity index (χ3v) is 4.37. The predicted molar refractivity (Wildman–Crippen MR) is 106 cm³/mol. The summed E-state index contributed by atoms with van der Waals surface area (Å²) in [5.74, 6) is 2.38. The normalized spacial score (nSPS) is 11.6. The van der Waals surface area contributed by atoms with Crippen molar-refractivity contribution in [3.05, 3.63) is 53.0 Å². The number of nitrogens with zero attached hydrogens (tertiary/aromatic N) is 4. The molecule has 0 saturated heterocycles. The molecule has 0 atom stereocenters. The average Bonchev–Trinajstić information content (AvgIpc) is 3.06. The van der Waals surface area contributed by atoms with Crippen LogP contribution in [0.1, 0.15) is 5.82 Å². The quantitative estimate of drug-likeness (QED) is 0.366. The van der Waals surface area contributed by atoms with Crippen LogP contribution in [-0.4, -0.2) is 40.9 Å². The zero-order valence-electron chi connectivity index (χ0n) is 14.7. The van der Waals surface area contributed by atoms with Crippen molar-refractivity contribution < 1.29 is 4.74 Å². The highest BCUT2D eigenvalue weighted by atomic mass is 79.9. The topological polar surface area (TPSA) is 76.4 Å². The number of hydrogen-bond donors (Lipinski definition) is 2. The van der Waals surface area contributed by atoms with Crippen LogP contribution in [0.4, 0.5) is 0 Å². The highest BCUT2D eigenvalue weighted by Gasteiger charge is 2.03. The lowest BCUT2D eigenvalue weighted by Crippen LogP contribution is -2.39. The van der Waals surface area contributed by atoms with Crippen LogP contribution in [0.3, 0.4) is 0 Å². The van der Waals surface area contributed by atoms with Crippen LogP contribution in [0.15, 0.2) is 52.2 Å². The first-order chi connectivity index (χ1) is 12.7. The number of nitrogens with one attached hydrogen (secondary N) is 2. The van der Waals surface area contributed by atoms with Crippen molar-refractivity contribution in [2.75, 3.05) is 20.2 Å². The molecule has 0 bridgehead atoms. The summed E-state index contributed by atoms with van der Waals surface area (Å²) in [4.78, 5) is 8.36. The maximum atomic E-state index is 5.83. The highest BCUT2D eigenvalue weighted by Crippen LogP contribution is 2.23. The molecule has 1 heterocycles. The summed E-state index contributed by atoms with van der Waals surface area (Å²) in [6, 6.07) is 12.3. The van der Waals surface area contributed by atoms with Gasteiger partial charge in [0.25, 0.3) is 0 Å². The lowest BCUT2D eigenvalue weighted by molar-refractivity contribution is 0.322. The van der Waals surface area contributed by atoms with E-state index in [0.29, 0.717) is 25.7 Å². The van der Waals surface area contributed by atoms with Gasteiger partial charge in [0.15, 0.2) is 5.96 Å². The maximum absolute atomic E-state index is 5.83. The Balaban J connectivity index is 1.45. The number of ether oxygens (including phenoxy) is 1. The molecule has 26 heavy (non-hydrogen) atoms. The molecule has 136 valence electrons. The monoisotopic (exact) mass is 416 g/mol. The van der Waals surface area contributed by atoms with Crippen LogP contribution in [0, 0.1) is 0 Å². The van der Waals surface area contributed by atoms with E-state index < -0.39 is 0 Å². The van der Waals surface area contributed by atoms with E-state index in [1.54, 1.807) is 11.7 Å². The molecule has 2 aromatic carbocycles. The fourth-order valence-corrected chi connectivity index (χ4v) is 2.87. The van der Waals surface area contributed by atoms with E-state index in [4.69, 9.17) is 4.74 Å². The summed E-state index contributed by atoms with van der Waals surface area (Å²) >= 11 is 3.49. The van der Waals surface area contributed by atoms with Gasteiger partial charge in [-0.2, -0.15) is 5.10 Å². The number of aryl methyl sites for hydroxylation is 1. The van der Waals surface area contributed by atoms with Gasteiger partial charge < -0.3 is 15.4 Å². The molecule has 3 aromatic rings. The Hall–Kier alpha value is -2.61. The van der Waals surface area contributed by atoms with Gasteiger partial charge in [-0.05, 0) is 35.0 Å². The van der Waals surface area contributed by atoms with E-state index in [1.807, 2.05) is 25.2 Å². The summed E-state index contributed by atoms with van der Waals surface area (Å²) in [5.41, 5.74) is 0. The summed E-state index contributed by atoms with van der Waals surface area (Å²) in [7, 11) is 3.59. The number of benzene rings is 2. The Bertz CT molecular complexity index is 908. The van der Waals surface area contributed by atoms with Crippen LogP contribution < -0.4 is 15.4 Å². The van der Waals surface area contributed by atoms with Crippen molar-refractivity contribution in [2.24, 2.45) is 12.0 Å². The minimum Gasteiger partial charge on any atom is -0.492 e. The Morgan fingerprint density at radius 1 is 1.19 bits per heavy atom. The number of halogens is 1. The minimum atomic E-state index is 0.534. The molecule has 0 radical (unpaired) electrons. The van der Waals surface area contributed by atoms with Crippen molar-refractivity contribution in [1.29, 1.82) is 0 Å². The molecule has 0 aliphatic carbocycles. The van der Waals surface area contributed by atoms with Crippen LogP contribution in [0.2, 0.25) is 0 Å². The molecule has 0 aliphatic rings. The van der Waals surface area contributed by atoms with E-state index in [9.17, 15) is 0 Å². The zero-order valence-corrected chi connectivity index (χ0v) is 16.3. The van der Waals surface area contributed by atoms with Gasteiger partial charge in [-0.1, -0.05) is 28.1 Å². The van der Waals surface area contributed by atoms with Gasteiger partial charge in [-0.15, -0.1) is 0 Å². The second-order valence-corrected chi connectivity index (χ2v) is 6.57. The van der Waals surface area contributed by atoms with Crippen LogP contribution in [-0.2, 0) is 13.6 Å². The summed E-state index contributed by atoms with van der Waals surface area (Å²) in [5, 5.41) is 12.8. The zero-order chi connectivity index (χ0) is 18.4. The van der Waals surface area contributed by atoms with Crippen molar-refractivity contribution in [3.8, 4) is 5.75 Å². The van der Waals surface area contributed by atoms with Gasteiger partial charge in [0.1, 0.15) is 24.5 Å². The molecule has 0 saturated carbocycles. The average molecular weight is 417 g/mol. The van der Waals surface area contributed by atoms with E-state index >= 15 is 0 Å². The van der Waals surface area contributed by atoms with Crippen LogP contribution in [0.25, 0.3) is 10.8 Å². The fourth-order valence-electron chi connectivity index (χ4n) is 2.49. The summed E-state index contributed by atoms with van der Waals surface area (Å²) < 4.78 is 8.62. The lowest BCUT2D eigenvalue weighted by atomic mass is 10.1. The van der Waals surface area contributed by atoms with Gasteiger partial charge in [-0.3, -0.25) is 9.67 Å². The van der Waals surface area contributed by atoms with Gasteiger partial charge in [0.2, 0.25) is 0 Å². The maximum Gasteiger partial charge on any atom is 0.191 e. The highest BCUT2D eigenvalue weighted by molar-refractivity contribution is 9.10. The molecule has 0 aliphatic heterocycles. The fraction of sp³-hybridized carbons (Fsp3) is 0.278. The second kappa shape index (κ2) is 8.66. The lowest BCUT2D eigenvalue weighted by Gasteiger charge is -2.12. The molecule has 0 unspecified atom stereocenters. The predicted octanol–water partition coefficient (Wildman–Crippen LogP) is 2.47. The first-order valence-electron chi connectivity index (χ1n) is 8.25. The van der Waals surface area contributed by atoms with Gasteiger partial charge in [0.05, 0.1) is 13.1 Å². The molecule has 7 nitrogen and oxygen atoms in total. The van der Waals surface area contributed by atoms with E-state index in [1.165, 1.54) is 11.7 Å². The number of guanidine groups is 1. The first kappa shape index (κ1) is 18.2. The third kappa shape index (κ3) is 4.72. The largest absolute Gasteiger partial charge is 0.492 e. The second-order valence-electron chi connectivity index (χ2n) is 5.65. The number of fused-ring (bicyclic) bond motifs is 1. The summed E-state index contributed by atoms with van der Waals surface area (Å²) in [6.07, 6.45) is 1.53. The Morgan fingerprint density at radius 3 is 2.77 bits per heavy atom. The molecule has 2 N–H and O–H groups in total. The third-order valence-electron chi connectivity index (χ3n) is 3.88. The molecule has 0 spiro atoms. The number of hydrogen-bond acceptors (Lipinski definition) is 4. The number of aromatic nitrogens is 3. The van der Waals surface area contributed by atoms with Crippen molar-refractivity contribution in [2.45, 2.75) is 6.54 Å². The Kier molecular flexibility index (Phi) is 6.06. The van der Waals surface area contributed by atoms with E-state index in [0.717, 1.165) is 21.4 Å². The molecule has 0 fully saturated rings. The first-order valence-corrected chi connectivity index (χ1v) is 9.04. The molecule has 1 aromatic heterocycles. The Morgan fingerprint density at radius 2 is 2.00 bits per heavy atom.